The van der Waals surface area contributed by atoms with E-state index in [9.17, 15) is 4.79 Å². The summed E-state index contributed by atoms with van der Waals surface area (Å²) in [6.45, 7) is 4.43. The second kappa shape index (κ2) is 8.18. The SMILES string of the molecule is C#CCN=C(N)NC(=O)N(CC)c1c(Cl)cccc1CC. The lowest BCUT2D eigenvalue weighted by Gasteiger charge is -2.24. The van der Waals surface area contributed by atoms with Crippen LogP contribution >= 0.6 is 11.6 Å². The van der Waals surface area contributed by atoms with E-state index in [1.807, 2.05) is 26.0 Å². The van der Waals surface area contributed by atoms with Gasteiger partial charge in [-0.2, -0.15) is 0 Å². The molecular formula is C15H19ClN4O. The van der Waals surface area contributed by atoms with Gasteiger partial charge in [-0.3, -0.25) is 10.2 Å². The average molecular weight is 307 g/mol. The third-order valence-electron chi connectivity index (χ3n) is 2.86. The first-order valence-electron chi connectivity index (χ1n) is 6.64. The first-order chi connectivity index (χ1) is 10.0. The maximum absolute atomic E-state index is 12.3. The van der Waals surface area contributed by atoms with E-state index in [1.165, 1.54) is 4.90 Å². The molecule has 0 aliphatic carbocycles. The van der Waals surface area contributed by atoms with Gasteiger partial charge in [0.2, 0.25) is 0 Å². The number of anilines is 1. The Morgan fingerprint density at radius 2 is 2.24 bits per heavy atom. The summed E-state index contributed by atoms with van der Waals surface area (Å²) in [5, 5.41) is 3.02. The summed E-state index contributed by atoms with van der Waals surface area (Å²) in [5.41, 5.74) is 7.27. The topological polar surface area (TPSA) is 70.7 Å². The minimum Gasteiger partial charge on any atom is -0.370 e. The number of halogens is 1. The van der Waals surface area contributed by atoms with Gasteiger partial charge in [-0.1, -0.05) is 36.6 Å². The molecule has 0 saturated carbocycles. The Labute approximate surface area is 130 Å². The number of rotatable bonds is 4. The summed E-state index contributed by atoms with van der Waals surface area (Å²) in [7, 11) is 0. The predicted octanol–water partition coefficient (Wildman–Crippen LogP) is 2.39. The highest BCUT2D eigenvalue weighted by Crippen LogP contribution is 2.30. The molecule has 0 atom stereocenters. The molecule has 0 unspecified atom stereocenters. The van der Waals surface area contributed by atoms with E-state index in [0.29, 0.717) is 17.3 Å². The standard InChI is InChI=1S/C15H19ClN4O/c1-4-10-18-14(17)19-15(21)20(6-3)13-11(5-2)8-7-9-12(13)16/h1,7-9H,5-6,10H2,2-3H3,(H3,17,18,19,21). The Hall–Kier alpha value is -2.19. The molecule has 0 aliphatic rings. The Bertz CT molecular complexity index is 578. The third kappa shape index (κ3) is 4.40. The minimum atomic E-state index is -0.390. The van der Waals surface area contributed by atoms with Gasteiger partial charge in [0, 0.05) is 6.54 Å². The molecule has 0 aliphatic heterocycles. The fourth-order valence-electron chi connectivity index (χ4n) is 1.90. The number of nitrogens with two attached hydrogens (primary N) is 1. The van der Waals surface area contributed by atoms with Crippen LogP contribution in [0.25, 0.3) is 0 Å². The van der Waals surface area contributed by atoms with Crippen LogP contribution in [0.3, 0.4) is 0 Å². The van der Waals surface area contributed by atoms with E-state index in [4.69, 9.17) is 23.8 Å². The van der Waals surface area contributed by atoms with Crippen molar-refractivity contribution < 1.29 is 4.79 Å². The van der Waals surface area contributed by atoms with Crippen LogP contribution in [-0.2, 0) is 6.42 Å². The van der Waals surface area contributed by atoms with Crippen molar-refractivity contribution in [3.8, 4) is 12.3 Å². The Kier molecular flexibility index (Phi) is 6.57. The Morgan fingerprint density at radius 1 is 1.52 bits per heavy atom. The molecule has 5 nitrogen and oxygen atoms in total. The zero-order valence-electron chi connectivity index (χ0n) is 12.2. The Balaban J connectivity index is 3.04. The van der Waals surface area contributed by atoms with Gasteiger partial charge in [-0.05, 0) is 25.0 Å². The number of aliphatic imine (C=N–C) groups is 1. The highest BCUT2D eigenvalue weighted by molar-refractivity contribution is 6.34. The van der Waals surface area contributed by atoms with Crippen molar-refractivity contribution in [2.75, 3.05) is 18.0 Å². The molecule has 0 radical (unpaired) electrons. The largest absolute Gasteiger partial charge is 0.370 e. The lowest BCUT2D eigenvalue weighted by atomic mass is 10.1. The van der Waals surface area contributed by atoms with E-state index >= 15 is 0 Å². The zero-order chi connectivity index (χ0) is 15.8. The van der Waals surface area contributed by atoms with Crippen LogP contribution in [0.4, 0.5) is 10.5 Å². The number of hydrogen-bond donors (Lipinski definition) is 2. The highest BCUT2D eigenvalue weighted by Gasteiger charge is 2.19. The lowest BCUT2D eigenvalue weighted by Crippen LogP contribution is -2.46. The molecule has 21 heavy (non-hydrogen) atoms. The van der Waals surface area contributed by atoms with Gasteiger partial charge < -0.3 is 5.73 Å². The van der Waals surface area contributed by atoms with E-state index in [2.05, 4.69) is 16.2 Å². The van der Waals surface area contributed by atoms with E-state index in [0.717, 1.165) is 12.0 Å². The molecule has 1 rings (SSSR count). The maximum atomic E-state index is 12.3. The van der Waals surface area contributed by atoms with E-state index < -0.39 is 6.03 Å². The molecule has 112 valence electrons. The minimum absolute atomic E-state index is 0.0125. The van der Waals surface area contributed by atoms with E-state index in [1.54, 1.807) is 6.07 Å². The van der Waals surface area contributed by atoms with Crippen LogP contribution in [0.2, 0.25) is 5.02 Å². The molecule has 1 aromatic carbocycles. The van der Waals surface area contributed by atoms with Crippen LogP contribution in [0.5, 0.6) is 0 Å². The van der Waals surface area contributed by atoms with Gasteiger partial charge >= 0.3 is 6.03 Å². The summed E-state index contributed by atoms with van der Waals surface area (Å²) in [5.74, 6) is 2.31. The third-order valence-corrected chi connectivity index (χ3v) is 3.16. The molecule has 1 aromatic rings. The number of carbonyl (C=O) groups is 1. The quantitative estimate of drug-likeness (QED) is 0.509. The number of benzene rings is 1. The molecule has 0 heterocycles. The molecule has 0 saturated heterocycles. The number of para-hydroxylation sites is 1. The molecule has 0 spiro atoms. The van der Waals surface area contributed by atoms with Crippen LogP contribution in [0.15, 0.2) is 23.2 Å². The molecule has 0 bridgehead atoms. The Morgan fingerprint density at radius 3 is 2.81 bits per heavy atom. The van der Waals surface area contributed by atoms with Crippen molar-refractivity contribution in [2.45, 2.75) is 20.3 Å². The number of aryl methyl sites for hydroxylation is 1. The molecule has 6 heteroatoms. The number of hydrogen-bond acceptors (Lipinski definition) is 2. The van der Waals surface area contributed by atoms with Crippen LogP contribution in [0, 0.1) is 12.3 Å². The number of guanidine groups is 1. The summed E-state index contributed by atoms with van der Waals surface area (Å²) in [6, 6.07) is 5.16. The highest BCUT2D eigenvalue weighted by atomic mass is 35.5. The number of carbonyl (C=O) groups excluding carboxylic acids is 1. The molecule has 3 N–H and O–H groups in total. The van der Waals surface area contributed by atoms with Gasteiger partial charge in [0.1, 0.15) is 6.54 Å². The van der Waals surface area contributed by atoms with Crippen LogP contribution < -0.4 is 16.0 Å². The number of nitrogens with zero attached hydrogens (tertiary/aromatic N) is 2. The van der Waals surface area contributed by atoms with Crippen molar-refractivity contribution in [3.05, 3.63) is 28.8 Å². The van der Waals surface area contributed by atoms with Gasteiger partial charge in [0.25, 0.3) is 0 Å². The monoisotopic (exact) mass is 306 g/mol. The van der Waals surface area contributed by atoms with Crippen molar-refractivity contribution in [2.24, 2.45) is 10.7 Å². The molecule has 0 aromatic heterocycles. The first kappa shape index (κ1) is 16.9. The number of nitrogens with one attached hydrogen (secondary N) is 1. The normalized spacial score (nSPS) is 10.9. The van der Waals surface area contributed by atoms with Gasteiger partial charge in [-0.15, -0.1) is 6.42 Å². The first-order valence-corrected chi connectivity index (χ1v) is 7.02. The zero-order valence-corrected chi connectivity index (χ0v) is 12.9. The van der Waals surface area contributed by atoms with Gasteiger partial charge in [0.05, 0.1) is 10.7 Å². The summed E-state index contributed by atoms with van der Waals surface area (Å²) in [4.78, 5) is 17.7. The summed E-state index contributed by atoms with van der Waals surface area (Å²) in [6.07, 6.45) is 5.85. The fraction of sp³-hybridized carbons (Fsp3) is 0.333. The predicted molar refractivity (Wildman–Crippen MR) is 87.7 cm³/mol. The molecule has 0 fully saturated rings. The maximum Gasteiger partial charge on any atom is 0.328 e. The lowest BCUT2D eigenvalue weighted by molar-refractivity contribution is 0.250. The van der Waals surface area contributed by atoms with Crippen LogP contribution in [0.1, 0.15) is 19.4 Å². The number of urea groups is 1. The van der Waals surface area contributed by atoms with Crippen molar-refractivity contribution in [3.63, 3.8) is 0 Å². The second-order valence-electron chi connectivity index (χ2n) is 4.18. The fourth-order valence-corrected chi connectivity index (χ4v) is 2.19. The van der Waals surface area contributed by atoms with Gasteiger partial charge in [-0.25, -0.2) is 9.79 Å². The van der Waals surface area contributed by atoms with Crippen molar-refractivity contribution in [1.82, 2.24) is 5.32 Å². The molecular weight excluding hydrogens is 288 g/mol. The smallest absolute Gasteiger partial charge is 0.328 e. The number of terminal acetylenes is 1. The average Bonchev–Trinajstić information content (AvgIpc) is 2.47. The van der Waals surface area contributed by atoms with E-state index in [-0.39, 0.29) is 12.5 Å². The molecule has 2 amide bonds. The van der Waals surface area contributed by atoms with Crippen molar-refractivity contribution in [1.29, 1.82) is 0 Å². The summed E-state index contributed by atoms with van der Waals surface area (Å²) >= 11 is 6.24. The van der Waals surface area contributed by atoms with Crippen molar-refractivity contribution >= 4 is 29.3 Å². The van der Waals surface area contributed by atoms with Gasteiger partial charge in [0.15, 0.2) is 5.96 Å². The summed E-state index contributed by atoms with van der Waals surface area (Å²) < 4.78 is 0. The number of amides is 2. The second-order valence-corrected chi connectivity index (χ2v) is 4.59. The van der Waals surface area contributed by atoms with Crippen LogP contribution in [-0.4, -0.2) is 25.1 Å².